The van der Waals surface area contributed by atoms with Crippen LogP contribution in [0.4, 0.5) is 24.8 Å². The van der Waals surface area contributed by atoms with Crippen molar-refractivity contribution in [2.24, 2.45) is 5.41 Å². The van der Waals surface area contributed by atoms with Crippen molar-refractivity contribution in [3.05, 3.63) is 48.3 Å². The molecule has 6 rings (SSSR count). The summed E-state index contributed by atoms with van der Waals surface area (Å²) in [6.45, 7) is 5.87. The van der Waals surface area contributed by atoms with Gasteiger partial charge >= 0.3 is 6.18 Å². The summed E-state index contributed by atoms with van der Waals surface area (Å²) in [6, 6.07) is 7.65. The molecule has 46 heavy (non-hydrogen) atoms. The van der Waals surface area contributed by atoms with Crippen molar-refractivity contribution in [3.63, 3.8) is 0 Å². The molecule has 16 heteroatoms. The van der Waals surface area contributed by atoms with Gasteiger partial charge in [0, 0.05) is 24.7 Å². The molecule has 1 atom stereocenters. The number of pyridine rings is 2. The van der Waals surface area contributed by atoms with Gasteiger partial charge in [0.15, 0.2) is 16.6 Å². The number of rotatable bonds is 5. The van der Waals surface area contributed by atoms with Gasteiger partial charge in [-0.1, -0.05) is 6.07 Å². The molecular weight excluding hydrogens is 625 g/mol. The Kier molecular flexibility index (Phi) is 8.38. The molecule has 0 radical (unpaired) electrons. The third-order valence-electron chi connectivity index (χ3n) is 8.91. The van der Waals surface area contributed by atoms with Crippen LogP contribution in [0.15, 0.2) is 47.8 Å². The fraction of sp³-hybridized carbons (Fsp3) is 0.533. The Hall–Kier alpha value is -3.92. The zero-order valence-electron chi connectivity index (χ0n) is 25.6. The number of amides is 1. The monoisotopic (exact) mass is 662 g/mol. The van der Waals surface area contributed by atoms with Gasteiger partial charge in [-0.25, -0.2) is 19.4 Å². The molecular formula is C30H37F3N8O4S. The summed E-state index contributed by atoms with van der Waals surface area (Å²) in [6.07, 6.45) is 1.22. The van der Waals surface area contributed by atoms with Crippen molar-refractivity contribution >= 4 is 27.6 Å². The van der Waals surface area contributed by atoms with E-state index in [4.69, 9.17) is 9.72 Å². The number of nitrogens with zero attached hydrogens (tertiary/aromatic N) is 5. The molecule has 1 unspecified atom stereocenters. The Morgan fingerprint density at radius 3 is 2.63 bits per heavy atom. The van der Waals surface area contributed by atoms with Crippen molar-refractivity contribution < 1.29 is 31.1 Å². The standard InChI is InChI=1S/C30H37F3N8O4S/c1-28(2)16-20-18-40(28)26-22(27(42)39-46(43,44)25-7-5-6-23(37-25)35-14-4-3-13-34-20)8-9-24(38-26)41-19-21(17-36-41)45-15-12-29(10-11-29)30(31,32)33/h5-9,17,19-20,34H,3-4,10-16,18H2,1-2H3,(H,35,37)(H,39,42). The highest BCUT2D eigenvalue weighted by atomic mass is 32.2. The highest BCUT2D eigenvalue weighted by Crippen LogP contribution is 2.59. The normalized spacial score (nSPS) is 22.2. The number of nitrogens with one attached hydrogen (secondary N) is 3. The SMILES string of the molecule is CC1(C)CC2CN1c1nc(-n3cc(OCCC4(C(F)(F)F)CC4)cn3)ccc1C(=O)NS(=O)(=O)c1cccc(n1)NCCCCN2. The second-order valence-electron chi connectivity index (χ2n) is 12.7. The van der Waals surface area contributed by atoms with Crippen LogP contribution in [0.25, 0.3) is 5.82 Å². The van der Waals surface area contributed by atoms with Gasteiger partial charge in [0.05, 0.1) is 30.0 Å². The number of hydrogen-bond donors (Lipinski definition) is 3. The fourth-order valence-electron chi connectivity index (χ4n) is 6.07. The summed E-state index contributed by atoms with van der Waals surface area (Å²) >= 11 is 0. The van der Waals surface area contributed by atoms with E-state index >= 15 is 0 Å². The Bertz CT molecular complexity index is 1710. The second-order valence-corrected chi connectivity index (χ2v) is 14.4. The van der Waals surface area contributed by atoms with E-state index in [1.54, 1.807) is 12.1 Å². The quantitative estimate of drug-likeness (QED) is 0.366. The molecule has 1 amide bonds. The summed E-state index contributed by atoms with van der Waals surface area (Å²) in [7, 11) is -4.33. The van der Waals surface area contributed by atoms with Crippen LogP contribution in [0.1, 0.15) is 62.7 Å². The molecule has 5 heterocycles. The number of hydrogen-bond acceptors (Lipinski definition) is 10. The first-order valence-electron chi connectivity index (χ1n) is 15.3. The summed E-state index contributed by atoms with van der Waals surface area (Å²) in [4.78, 5) is 24.6. The van der Waals surface area contributed by atoms with Gasteiger partial charge in [0.2, 0.25) is 0 Å². The van der Waals surface area contributed by atoms with E-state index in [1.165, 1.54) is 35.3 Å². The largest absolute Gasteiger partial charge is 0.490 e. The van der Waals surface area contributed by atoms with Gasteiger partial charge < -0.3 is 20.3 Å². The molecule has 2 fully saturated rings. The summed E-state index contributed by atoms with van der Waals surface area (Å²) in [5, 5.41) is 10.7. The maximum absolute atomic E-state index is 13.6. The van der Waals surface area contributed by atoms with Crippen molar-refractivity contribution in [2.75, 3.05) is 36.5 Å². The third-order valence-corrected chi connectivity index (χ3v) is 10.1. The lowest BCUT2D eigenvalue weighted by atomic mass is 9.99. The molecule has 3 N–H and O–H groups in total. The summed E-state index contributed by atoms with van der Waals surface area (Å²) in [5.41, 5.74) is -2.06. The van der Waals surface area contributed by atoms with E-state index < -0.39 is 33.1 Å². The van der Waals surface area contributed by atoms with E-state index in [0.29, 0.717) is 24.7 Å². The molecule has 4 bridgehead atoms. The number of alkyl halides is 3. The zero-order chi connectivity index (χ0) is 32.7. The maximum atomic E-state index is 13.6. The number of halogens is 3. The van der Waals surface area contributed by atoms with Crippen molar-refractivity contribution in [2.45, 2.75) is 75.2 Å². The molecule has 3 aromatic heterocycles. The molecule has 1 aliphatic carbocycles. The molecule has 1 saturated carbocycles. The van der Waals surface area contributed by atoms with Crippen molar-refractivity contribution in [1.29, 1.82) is 0 Å². The van der Waals surface area contributed by atoms with E-state index in [2.05, 4.69) is 25.4 Å². The fourth-order valence-corrected chi connectivity index (χ4v) is 7.00. The molecule has 248 valence electrons. The van der Waals surface area contributed by atoms with Gasteiger partial charge in [-0.15, -0.1) is 0 Å². The predicted octanol–water partition coefficient (Wildman–Crippen LogP) is 4.05. The number of carbonyl (C=O) groups excluding carboxylic acids is 1. The van der Waals surface area contributed by atoms with Gasteiger partial charge in [0.25, 0.3) is 15.9 Å². The van der Waals surface area contributed by atoms with Crippen LogP contribution in [-0.2, 0) is 10.0 Å². The topological polar surface area (TPSA) is 143 Å². The first-order valence-corrected chi connectivity index (χ1v) is 16.8. The maximum Gasteiger partial charge on any atom is 0.394 e. The first-order chi connectivity index (χ1) is 21.8. The highest BCUT2D eigenvalue weighted by molar-refractivity contribution is 7.90. The molecule has 3 aliphatic rings. The average molecular weight is 663 g/mol. The average Bonchev–Trinajstić information content (AvgIpc) is 3.54. The minimum absolute atomic E-state index is 0.0464. The van der Waals surface area contributed by atoms with E-state index in [-0.39, 0.29) is 54.1 Å². The highest BCUT2D eigenvalue weighted by Gasteiger charge is 2.62. The number of anilines is 2. The third kappa shape index (κ3) is 6.63. The number of sulfonamides is 1. The second kappa shape index (κ2) is 12.0. The van der Waals surface area contributed by atoms with Crippen LogP contribution in [-0.4, -0.2) is 78.1 Å². The lowest BCUT2D eigenvalue weighted by Gasteiger charge is -2.33. The number of aromatic nitrogens is 4. The van der Waals surface area contributed by atoms with Crippen LogP contribution in [0.2, 0.25) is 0 Å². The van der Waals surface area contributed by atoms with Crippen LogP contribution in [0.5, 0.6) is 5.75 Å². The van der Waals surface area contributed by atoms with E-state index in [9.17, 15) is 26.4 Å². The number of fused-ring (bicyclic) bond motifs is 6. The molecule has 12 nitrogen and oxygen atoms in total. The van der Waals surface area contributed by atoms with Gasteiger partial charge in [-0.05, 0) is 83.2 Å². The van der Waals surface area contributed by atoms with E-state index in [0.717, 1.165) is 25.8 Å². The lowest BCUT2D eigenvalue weighted by molar-refractivity contribution is -0.190. The molecule has 3 aromatic rings. The van der Waals surface area contributed by atoms with Crippen molar-refractivity contribution in [3.8, 4) is 11.6 Å². The summed E-state index contributed by atoms with van der Waals surface area (Å²) in [5.74, 6) is 0.388. The van der Waals surface area contributed by atoms with Gasteiger partial charge in [-0.2, -0.15) is 26.7 Å². The minimum Gasteiger partial charge on any atom is -0.490 e. The zero-order valence-corrected chi connectivity index (χ0v) is 26.4. The Morgan fingerprint density at radius 1 is 1.09 bits per heavy atom. The van der Waals surface area contributed by atoms with Gasteiger partial charge in [-0.3, -0.25) is 4.79 Å². The molecule has 0 spiro atoms. The molecule has 1 saturated heterocycles. The van der Waals surface area contributed by atoms with Gasteiger partial charge in [0.1, 0.15) is 11.6 Å². The predicted molar refractivity (Wildman–Crippen MR) is 164 cm³/mol. The minimum atomic E-state index is -4.33. The smallest absolute Gasteiger partial charge is 0.394 e. The number of ether oxygens (including phenoxy) is 1. The van der Waals surface area contributed by atoms with Crippen molar-refractivity contribution in [1.82, 2.24) is 29.8 Å². The summed E-state index contributed by atoms with van der Waals surface area (Å²) < 4.78 is 75.6. The Morgan fingerprint density at radius 2 is 1.87 bits per heavy atom. The van der Waals surface area contributed by atoms with Crippen LogP contribution in [0.3, 0.4) is 0 Å². The first kappa shape index (κ1) is 32.0. The molecule has 2 aliphatic heterocycles. The van der Waals surface area contributed by atoms with Crippen LogP contribution >= 0.6 is 0 Å². The van der Waals surface area contributed by atoms with E-state index in [1.807, 2.05) is 18.7 Å². The lowest BCUT2D eigenvalue weighted by Crippen LogP contribution is -2.41. The molecule has 0 aromatic carbocycles. The van der Waals surface area contributed by atoms with Crippen LogP contribution < -0.4 is 25.0 Å². The number of carbonyl (C=O) groups is 1. The Labute approximate surface area is 265 Å². The Balaban J connectivity index is 1.30. The van der Waals surface area contributed by atoms with Crippen LogP contribution in [0, 0.1) is 5.41 Å².